The van der Waals surface area contributed by atoms with Gasteiger partial charge in [0.25, 0.3) is 0 Å². The van der Waals surface area contributed by atoms with E-state index in [9.17, 15) is 9.59 Å². The molecule has 104 valence electrons. The summed E-state index contributed by atoms with van der Waals surface area (Å²) < 4.78 is 0. The summed E-state index contributed by atoms with van der Waals surface area (Å²) in [6.07, 6.45) is 0.746. The van der Waals surface area contributed by atoms with Crippen molar-refractivity contribution in [3.63, 3.8) is 0 Å². The number of aryl methyl sites for hydroxylation is 1. The molecule has 0 fully saturated rings. The van der Waals surface area contributed by atoms with Crippen LogP contribution in [0.15, 0.2) is 24.3 Å². The number of hydrogen-bond donors (Lipinski definition) is 2. The van der Waals surface area contributed by atoms with Crippen LogP contribution in [0.5, 0.6) is 0 Å². The zero-order valence-electron chi connectivity index (χ0n) is 11.7. The lowest BCUT2D eigenvalue weighted by Crippen LogP contribution is -2.32. The van der Waals surface area contributed by atoms with E-state index in [2.05, 4.69) is 5.32 Å². The van der Waals surface area contributed by atoms with Crippen molar-refractivity contribution in [1.29, 1.82) is 0 Å². The fourth-order valence-corrected chi connectivity index (χ4v) is 1.58. The van der Waals surface area contributed by atoms with Crippen LogP contribution in [0, 0.1) is 12.3 Å². The predicted molar refractivity (Wildman–Crippen MR) is 73.9 cm³/mol. The highest BCUT2D eigenvalue weighted by atomic mass is 16.4. The van der Waals surface area contributed by atoms with Gasteiger partial charge in [0.15, 0.2) is 0 Å². The summed E-state index contributed by atoms with van der Waals surface area (Å²) in [4.78, 5) is 22.6. The highest BCUT2D eigenvalue weighted by Gasteiger charge is 2.26. The molecule has 0 heterocycles. The number of carboxylic acids is 1. The molecule has 0 saturated carbocycles. The van der Waals surface area contributed by atoms with Crippen molar-refractivity contribution in [3.05, 3.63) is 35.4 Å². The first-order valence-electron chi connectivity index (χ1n) is 6.37. The first kappa shape index (κ1) is 15.2. The summed E-state index contributed by atoms with van der Waals surface area (Å²) in [5.41, 5.74) is 1.31. The van der Waals surface area contributed by atoms with Gasteiger partial charge >= 0.3 is 5.97 Å². The Labute approximate surface area is 113 Å². The molecule has 0 spiro atoms. The molecule has 0 aliphatic rings. The number of benzene rings is 1. The molecule has 1 aromatic rings. The molecule has 0 aliphatic heterocycles. The fraction of sp³-hybridized carbons (Fsp3) is 0.467. The molecule has 2 N–H and O–H groups in total. The van der Waals surface area contributed by atoms with Gasteiger partial charge in [-0.25, -0.2) is 0 Å². The number of aliphatic carboxylic acids is 1. The lowest BCUT2D eigenvalue weighted by atomic mass is 9.90. The molecular formula is C15H21NO3. The molecule has 1 aromatic carbocycles. The number of carbonyl (C=O) groups excluding carboxylic acids is 1. The molecule has 1 amide bonds. The third-order valence-corrected chi connectivity index (χ3v) is 3.14. The second-order valence-electron chi connectivity index (χ2n) is 5.45. The minimum absolute atomic E-state index is 0.0787. The Morgan fingerprint density at radius 1 is 1.21 bits per heavy atom. The lowest BCUT2D eigenvalue weighted by molar-refractivity contribution is -0.147. The summed E-state index contributed by atoms with van der Waals surface area (Å²) in [6, 6.07) is 7.79. The van der Waals surface area contributed by atoms with Crippen LogP contribution in [0.1, 0.15) is 31.4 Å². The van der Waals surface area contributed by atoms with E-state index in [0.717, 1.165) is 11.1 Å². The highest BCUT2D eigenvalue weighted by molar-refractivity contribution is 5.78. The zero-order valence-corrected chi connectivity index (χ0v) is 11.7. The van der Waals surface area contributed by atoms with Gasteiger partial charge in [0.1, 0.15) is 0 Å². The van der Waals surface area contributed by atoms with Crippen molar-refractivity contribution < 1.29 is 14.7 Å². The summed E-state index contributed by atoms with van der Waals surface area (Å²) in [6.45, 7) is 5.69. The molecule has 0 aliphatic carbocycles. The first-order valence-corrected chi connectivity index (χ1v) is 6.37. The van der Waals surface area contributed by atoms with Gasteiger partial charge in [-0.2, -0.15) is 0 Å². The molecule has 0 atom stereocenters. The third kappa shape index (κ3) is 5.12. The minimum Gasteiger partial charge on any atom is -0.481 e. The number of carbonyl (C=O) groups is 2. The summed E-state index contributed by atoms with van der Waals surface area (Å²) in [5.74, 6) is -0.926. The molecule has 0 saturated heterocycles. The van der Waals surface area contributed by atoms with E-state index in [4.69, 9.17) is 5.11 Å². The highest BCUT2D eigenvalue weighted by Crippen LogP contribution is 2.19. The maximum atomic E-state index is 11.7. The largest absolute Gasteiger partial charge is 0.481 e. The number of carboxylic acid groups (broad SMARTS) is 1. The second kappa shape index (κ2) is 6.36. The van der Waals surface area contributed by atoms with E-state index in [1.807, 2.05) is 31.2 Å². The summed E-state index contributed by atoms with van der Waals surface area (Å²) in [5, 5.41) is 11.7. The second-order valence-corrected chi connectivity index (χ2v) is 5.45. The molecule has 1 rings (SSSR count). The Morgan fingerprint density at radius 3 is 2.32 bits per heavy atom. The number of amides is 1. The molecular weight excluding hydrogens is 242 g/mol. The molecule has 0 unspecified atom stereocenters. The predicted octanol–water partition coefficient (Wildman–Crippen LogP) is 2.15. The standard InChI is InChI=1S/C15H21NO3/c1-11-4-6-12(7-5-11)10-13(17)16-9-8-15(2,3)14(18)19/h4-7H,8-10H2,1-3H3,(H,16,17)(H,18,19). The van der Waals surface area contributed by atoms with Crippen molar-refractivity contribution in [2.45, 2.75) is 33.6 Å². The molecule has 0 bridgehead atoms. The van der Waals surface area contributed by atoms with E-state index in [1.54, 1.807) is 13.8 Å². The number of nitrogens with one attached hydrogen (secondary N) is 1. The van der Waals surface area contributed by atoms with Crippen molar-refractivity contribution in [3.8, 4) is 0 Å². The first-order chi connectivity index (χ1) is 8.81. The Kier molecular flexibility index (Phi) is 5.10. The van der Waals surface area contributed by atoms with Gasteiger partial charge in [-0.15, -0.1) is 0 Å². The van der Waals surface area contributed by atoms with E-state index in [-0.39, 0.29) is 5.91 Å². The van der Waals surface area contributed by atoms with Crippen molar-refractivity contribution >= 4 is 11.9 Å². The van der Waals surface area contributed by atoms with Crippen LogP contribution in [0.2, 0.25) is 0 Å². The SMILES string of the molecule is Cc1ccc(CC(=O)NCCC(C)(C)C(=O)O)cc1. The fourth-order valence-electron chi connectivity index (χ4n) is 1.58. The molecule has 4 nitrogen and oxygen atoms in total. The van der Waals surface area contributed by atoms with Crippen LogP contribution < -0.4 is 5.32 Å². The Hall–Kier alpha value is -1.84. The Morgan fingerprint density at radius 2 is 1.79 bits per heavy atom. The van der Waals surface area contributed by atoms with Crippen molar-refractivity contribution in [2.24, 2.45) is 5.41 Å². The number of rotatable bonds is 6. The Bertz CT molecular complexity index is 449. The lowest BCUT2D eigenvalue weighted by Gasteiger charge is -2.18. The van der Waals surface area contributed by atoms with Crippen LogP contribution in [0.4, 0.5) is 0 Å². The zero-order chi connectivity index (χ0) is 14.5. The van der Waals surface area contributed by atoms with Crippen molar-refractivity contribution in [1.82, 2.24) is 5.32 Å². The quantitative estimate of drug-likeness (QED) is 0.826. The van der Waals surface area contributed by atoms with Gasteiger partial charge in [0.2, 0.25) is 5.91 Å². The van der Waals surface area contributed by atoms with Gasteiger partial charge < -0.3 is 10.4 Å². The molecule has 19 heavy (non-hydrogen) atoms. The molecule has 0 aromatic heterocycles. The van der Waals surface area contributed by atoms with Crippen LogP contribution >= 0.6 is 0 Å². The third-order valence-electron chi connectivity index (χ3n) is 3.14. The van der Waals surface area contributed by atoms with Gasteiger partial charge in [-0.05, 0) is 32.8 Å². The van der Waals surface area contributed by atoms with Gasteiger partial charge in [0.05, 0.1) is 11.8 Å². The molecule has 0 radical (unpaired) electrons. The van der Waals surface area contributed by atoms with E-state index >= 15 is 0 Å². The molecule has 4 heteroatoms. The average Bonchev–Trinajstić information content (AvgIpc) is 2.31. The van der Waals surface area contributed by atoms with Crippen molar-refractivity contribution in [2.75, 3.05) is 6.54 Å². The average molecular weight is 263 g/mol. The normalized spacial score (nSPS) is 11.1. The maximum absolute atomic E-state index is 11.7. The number of hydrogen-bond acceptors (Lipinski definition) is 2. The van der Waals surface area contributed by atoms with Gasteiger partial charge in [0, 0.05) is 6.54 Å². The topological polar surface area (TPSA) is 66.4 Å². The van der Waals surface area contributed by atoms with Crippen LogP contribution in [0.3, 0.4) is 0 Å². The summed E-state index contributed by atoms with van der Waals surface area (Å²) >= 11 is 0. The van der Waals surface area contributed by atoms with E-state index in [1.165, 1.54) is 0 Å². The minimum atomic E-state index is -0.847. The van der Waals surface area contributed by atoms with Crippen LogP contribution in [-0.2, 0) is 16.0 Å². The smallest absolute Gasteiger partial charge is 0.309 e. The van der Waals surface area contributed by atoms with Crippen LogP contribution in [-0.4, -0.2) is 23.5 Å². The maximum Gasteiger partial charge on any atom is 0.309 e. The van der Waals surface area contributed by atoms with Crippen LogP contribution in [0.25, 0.3) is 0 Å². The summed E-state index contributed by atoms with van der Waals surface area (Å²) in [7, 11) is 0. The van der Waals surface area contributed by atoms with Gasteiger partial charge in [-0.3, -0.25) is 9.59 Å². The van der Waals surface area contributed by atoms with E-state index in [0.29, 0.717) is 19.4 Å². The Balaban J connectivity index is 2.36. The van der Waals surface area contributed by atoms with E-state index < -0.39 is 11.4 Å². The van der Waals surface area contributed by atoms with Gasteiger partial charge in [-0.1, -0.05) is 29.8 Å². The monoisotopic (exact) mass is 263 g/mol.